The van der Waals surface area contributed by atoms with E-state index in [9.17, 15) is 9.59 Å². The molecule has 0 aromatic heterocycles. The minimum Gasteiger partial charge on any atom is -0.369 e. The zero-order valence-corrected chi connectivity index (χ0v) is 16.4. The Morgan fingerprint density at radius 3 is 2.17 bits per heavy atom. The molecule has 0 radical (unpaired) electrons. The summed E-state index contributed by atoms with van der Waals surface area (Å²) in [4.78, 5) is 28.2. The molecule has 2 aromatic rings. The van der Waals surface area contributed by atoms with Gasteiger partial charge in [0.1, 0.15) is 0 Å². The predicted octanol–water partition coefficient (Wildman–Crippen LogP) is 2.85. The zero-order chi connectivity index (χ0) is 20.6. The van der Waals surface area contributed by atoms with Gasteiger partial charge in [-0.15, -0.1) is 0 Å². The third-order valence-electron chi connectivity index (χ3n) is 4.90. The fourth-order valence-corrected chi connectivity index (χ4v) is 3.14. The summed E-state index contributed by atoms with van der Waals surface area (Å²) in [6, 6.07) is 15.1. The summed E-state index contributed by atoms with van der Waals surface area (Å²) in [5.41, 5.74) is 4.97. The van der Waals surface area contributed by atoms with Crippen LogP contribution in [0, 0.1) is 0 Å². The Balaban J connectivity index is 1.63. The van der Waals surface area contributed by atoms with Crippen molar-refractivity contribution in [1.29, 1.82) is 0 Å². The van der Waals surface area contributed by atoms with Crippen LogP contribution in [0.4, 0.5) is 5.69 Å². The SMILES string of the molecule is CN1CCN(c2ccc(C(=O)/C=C/c3cccc(/C=C/C(=O)NO)c3)cc2)CC1. The maximum Gasteiger partial charge on any atom is 0.267 e. The molecule has 1 amide bonds. The van der Waals surface area contributed by atoms with E-state index in [0.29, 0.717) is 5.56 Å². The first-order chi connectivity index (χ1) is 14.0. The van der Waals surface area contributed by atoms with Crippen LogP contribution in [-0.2, 0) is 4.79 Å². The van der Waals surface area contributed by atoms with Crippen LogP contribution < -0.4 is 10.4 Å². The van der Waals surface area contributed by atoms with Crippen LogP contribution in [0.5, 0.6) is 0 Å². The van der Waals surface area contributed by atoms with Crippen molar-refractivity contribution in [3.63, 3.8) is 0 Å². The molecule has 1 heterocycles. The van der Waals surface area contributed by atoms with E-state index in [2.05, 4.69) is 16.8 Å². The molecule has 1 aliphatic rings. The average molecular weight is 391 g/mol. The van der Waals surface area contributed by atoms with Crippen LogP contribution in [0.3, 0.4) is 0 Å². The fourth-order valence-electron chi connectivity index (χ4n) is 3.14. The monoisotopic (exact) mass is 391 g/mol. The molecule has 1 fully saturated rings. The summed E-state index contributed by atoms with van der Waals surface area (Å²) >= 11 is 0. The number of carbonyl (C=O) groups is 2. The van der Waals surface area contributed by atoms with Gasteiger partial charge in [-0.3, -0.25) is 14.8 Å². The summed E-state index contributed by atoms with van der Waals surface area (Å²) in [5, 5.41) is 8.52. The second kappa shape index (κ2) is 9.82. The van der Waals surface area contributed by atoms with E-state index in [0.717, 1.165) is 43.0 Å². The number of hydrogen-bond acceptors (Lipinski definition) is 5. The number of likely N-dealkylation sites (N-methyl/N-ethyl adjacent to an activating group) is 1. The number of benzene rings is 2. The minimum atomic E-state index is -0.596. The van der Waals surface area contributed by atoms with Crippen LogP contribution in [0.25, 0.3) is 12.2 Å². The maximum absolute atomic E-state index is 12.5. The molecular weight excluding hydrogens is 366 g/mol. The third-order valence-corrected chi connectivity index (χ3v) is 4.90. The molecule has 0 atom stereocenters. The largest absolute Gasteiger partial charge is 0.369 e. The van der Waals surface area contributed by atoms with E-state index >= 15 is 0 Å². The predicted molar refractivity (Wildman–Crippen MR) is 115 cm³/mol. The highest BCUT2D eigenvalue weighted by atomic mass is 16.5. The fraction of sp³-hybridized carbons (Fsp3) is 0.217. The summed E-state index contributed by atoms with van der Waals surface area (Å²) in [6.07, 6.45) is 6.12. The van der Waals surface area contributed by atoms with Gasteiger partial charge in [0.25, 0.3) is 5.91 Å². The van der Waals surface area contributed by atoms with Gasteiger partial charge < -0.3 is 9.80 Å². The van der Waals surface area contributed by atoms with Crippen LogP contribution in [-0.4, -0.2) is 55.0 Å². The van der Waals surface area contributed by atoms with Gasteiger partial charge in [0.05, 0.1) is 0 Å². The second-order valence-electron chi connectivity index (χ2n) is 7.01. The van der Waals surface area contributed by atoms with Crippen molar-refractivity contribution in [3.8, 4) is 0 Å². The number of allylic oxidation sites excluding steroid dienone is 1. The molecule has 6 heteroatoms. The molecule has 0 unspecified atom stereocenters. The zero-order valence-electron chi connectivity index (χ0n) is 16.4. The maximum atomic E-state index is 12.5. The molecule has 29 heavy (non-hydrogen) atoms. The number of ketones is 1. The molecule has 150 valence electrons. The van der Waals surface area contributed by atoms with Crippen molar-refractivity contribution < 1.29 is 14.8 Å². The molecule has 0 saturated carbocycles. The molecular formula is C23H25N3O3. The first kappa shape index (κ1) is 20.5. The van der Waals surface area contributed by atoms with Crippen molar-refractivity contribution in [3.05, 3.63) is 77.4 Å². The summed E-state index contributed by atoms with van der Waals surface area (Å²) in [5.74, 6) is -0.656. The quantitative estimate of drug-likeness (QED) is 0.343. The molecule has 0 bridgehead atoms. The number of nitrogens with one attached hydrogen (secondary N) is 1. The molecule has 0 aliphatic carbocycles. The van der Waals surface area contributed by atoms with E-state index in [1.54, 1.807) is 23.7 Å². The lowest BCUT2D eigenvalue weighted by Crippen LogP contribution is -2.44. The first-order valence-electron chi connectivity index (χ1n) is 9.53. The lowest BCUT2D eigenvalue weighted by atomic mass is 10.1. The van der Waals surface area contributed by atoms with Crippen LogP contribution in [0.15, 0.2) is 60.7 Å². The number of nitrogens with zero attached hydrogens (tertiary/aromatic N) is 2. The Bertz CT molecular complexity index is 911. The molecule has 6 nitrogen and oxygen atoms in total. The standard InChI is InChI=1S/C23H25N3O3/c1-25-13-15-26(16-14-25)21-9-7-20(8-10-21)22(27)11-5-18-3-2-4-19(17-18)6-12-23(28)24-29/h2-12,17,29H,13-16H2,1H3,(H,24,28)/b11-5+,12-6+. The van der Waals surface area contributed by atoms with Gasteiger partial charge in [-0.25, -0.2) is 5.48 Å². The van der Waals surface area contributed by atoms with E-state index < -0.39 is 5.91 Å². The minimum absolute atomic E-state index is 0.0597. The molecule has 2 aromatic carbocycles. The van der Waals surface area contributed by atoms with E-state index in [1.807, 2.05) is 48.5 Å². The van der Waals surface area contributed by atoms with Crippen molar-refractivity contribution in [2.24, 2.45) is 0 Å². The van der Waals surface area contributed by atoms with Gasteiger partial charge in [0.2, 0.25) is 0 Å². The number of anilines is 1. The lowest BCUT2D eigenvalue weighted by Gasteiger charge is -2.34. The second-order valence-corrected chi connectivity index (χ2v) is 7.01. The molecule has 3 rings (SSSR count). The van der Waals surface area contributed by atoms with Crippen molar-refractivity contribution in [2.45, 2.75) is 0 Å². The molecule has 2 N–H and O–H groups in total. The molecule has 1 aliphatic heterocycles. The van der Waals surface area contributed by atoms with Crippen LogP contribution >= 0.6 is 0 Å². The number of rotatable bonds is 6. The highest BCUT2D eigenvalue weighted by Crippen LogP contribution is 2.18. The third kappa shape index (κ3) is 5.88. The highest BCUT2D eigenvalue weighted by Gasteiger charge is 2.14. The van der Waals surface area contributed by atoms with Gasteiger partial charge in [0.15, 0.2) is 5.78 Å². The van der Waals surface area contributed by atoms with Gasteiger partial charge in [-0.1, -0.05) is 24.3 Å². The van der Waals surface area contributed by atoms with Crippen LogP contribution in [0.1, 0.15) is 21.5 Å². The highest BCUT2D eigenvalue weighted by molar-refractivity contribution is 6.07. The van der Waals surface area contributed by atoms with E-state index in [1.165, 1.54) is 6.08 Å². The van der Waals surface area contributed by atoms with Gasteiger partial charge >= 0.3 is 0 Å². The number of amides is 1. The van der Waals surface area contributed by atoms with Crippen molar-refractivity contribution in [1.82, 2.24) is 10.4 Å². The smallest absolute Gasteiger partial charge is 0.267 e. The average Bonchev–Trinajstić information content (AvgIpc) is 2.76. The van der Waals surface area contributed by atoms with Gasteiger partial charge in [-0.05, 0) is 60.7 Å². The lowest BCUT2D eigenvalue weighted by molar-refractivity contribution is -0.124. The Morgan fingerprint density at radius 1 is 0.931 bits per heavy atom. The summed E-state index contributed by atoms with van der Waals surface area (Å²) in [7, 11) is 2.13. The van der Waals surface area contributed by atoms with E-state index in [-0.39, 0.29) is 5.78 Å². The van der Waals surface area contributed by atoms with Gasteiger partial charge in [0, 0.05) is 43.5 Å². The molecule has 0 spiro atoms. The van der Waals surface area contributed by atoms with Crippen molar-refractivity contribution >= 4 is 29.5 Å². The van der Waals surface area contributed by atoms with E-state index in [4.69, 9.17) is 5.21 Å². The normalized spacial score (nSPS) is 15.2. The Kier molecular flexibility index (Phi) is 6.94. The Hall–Kier alpha value is -3.22. The molecule has 1 saturated heterocycles. The number of hydrogen-bond donors (Lipinski definition) is 2. The Morgan fingerprint density at radius 2 is 1.55 bits per heavy atom. The van der Waals surface area contributed by atoms with Crippen LogP contribution in [0.2, 0.25) is 0 Å². The van der Waals surface area contributed by atoms with Crippen molar-refractivity contribution in [2.75, 3.05) is 38.1 Å². The topological polar surface area (TPSA) is 72.9 Å². The number of carbonyl (C=O) groups excluding carboxylic acids is 2. The first-order valence-corrected chi connectivity index (χ1v) is 9.53. The Labute approximate surface area is 170 Å². The summed E-state index contributed by atoms with van der Waals surface area (Å²) < 4.78 is 0. The number of hydroxylamine groups is 1. The summed E-state index contributed by atoms with van der Waals surface area (Å²) in [6.45, 7) is 4.08. The number of piperazine rings is 1. The van der Waals surface area contributed by atoms with Gasteiger partial charge in [-0.2, -0.15) is 0 Å².